The summed E-state index contributed by atoms with van der Waals surface area (Å²) in [6.45, 7) is 4.09. The zero-order valence-electron chi connectivity index (χ0n) is 11.6. The third kappa shape index (κ3) is 3.08. The van der Waals surface area contributed by atoms with E-state index in [4.69, 9.17) is 4.74 Å². The summed E-state index contributed by atoms with van der Waals surface area (Å²) in [6, 6.07) is 0. The summed E-state index contributed by atoms with van der Waals surface area (Å²) in [4.78, 5) is 16.5. The number of rotatable bonds is 5. The van der Waals surface area contributed by atoms with Crippen LogP contribution >= 0.6 is 15.9 Å². The Labute approximate surface area is 124 Å². The molecule has 1 atom stereocenters. The zero-order valence-corrected chi connectivity index (χ0v) is 13.2. The summed E-state index contributed by atoms with van der Waals surface area (Å²) < 4.78 is 8.67. The van der Waals surface area contributed by atoms with Crippen molar-refractivity contribution in [3.05, 3.63) is 21.3 Å². The molecular formula is C12H17BrN4O3. The lowest BCUT2D eigenvalue weighted by Crippen LogP contribution is -2.30. The highest BCUT2D eigenvalue weighted by Crippen LogP contribution is 2.16. The molecule has 0 aliphatic heterocycles. The van der Waals surface area contributed by atoms with Crippen LogP contribution in [0.1, 0.15) is 13.8 Å². The number of nitrogens with zero attached hydrogens (tertiary/aromatic N) is 4. The van der Waals surface area contributed by atoms with E-state index in [9.17, 15) is 9.90 Å². The van der Waals surface area contributed by atoms with Gasteiger partial charge in [-0.2, -0.15) is 5.10 Å². The molecule has 0 radical (unpaired) electrons. The van der Waals surface area contributed by atoms with Crippen LogP contribution in [-0.2, 0) is 18.3 Å². The van der Waals surface area contributed by atoms with Crippen molar-refractivity contribution >= 4 is 27.0 Å². The Morgan fingerprint density at radius 3 is 2.85 bits per heavy atom. The molecule has 0 spiro atoms. The summed E-state index contributed by atoms with van der Waals surface area (Å²) in [7, 11) is 1.72. The average Bonchev–Trinajstić information content (AvgIpc) is 2.66. The van der Waals surface area contributed by atoms with Gasteiger partial charge >= 0.3 is 0 Å². The molecule has 0 bridgehead atoms. The predicted octanol–water partition coefficient (Wildman–Crippen LogP) is 0.678. The third-order valence-electron chi connectivity index (χ3n) is 2.80. The molecule has 0 fully saturated rings. The van der Waals surface area contributed by atoms with Crippen molar-refractivity contribution in [3.63, 3.8) is 0 Å². The van der Waals surface area contributed by atoms with Crippen molar-refractivity contribution in [2.24, 2.45) is 7.05 Å². The monoisotopic (exact) mass is 344 g/mol. The summed E-state index contributed by atoms with van der Waals surface area (Å²) in [5.41, 5.74) is 0.268. The molecule has 0 saturated carbocycles. The molecule has 20 heavy (non-hydrogen) atoms. The Hall–Kier alpha value is -1.25. The summed E-state index contributed by atoms with van der Waals surface area (Å²) >= 11 is 3.25. The maximum absolute atomic E-state index is 12.3. The highest BCUT2D eigenvalue weighted by atomic mass is 79.9. The van der Waals surface area contributed by atoms with Crippen LogP contribution in [0.5, 0.6) is 0 Å². The van der Waals surface area contributed by atoms with Crippen molar-refractivity contribution in [3.8, 4) is 0 Å². The topological polar surface area (TPSA) is 82.2 Å². The van der Waals surface area contributed by atoms with Crippen LogP contribution in [-0.4, -0.2) is 43.3 Å². The van der Waals surface area contributed by atoms with Gasteiger partial charge in [-0.15, -0.1) is 0 Å². The van der Waals surface area contributed by atoms with Gasteiger partial charge in [0, 0.05) is 7.05 Å². The molecule has 1 unspecified atom stereocenters. The molecule has 0 aliphatic rings. The maximum Gasteiger partial charge on any atom is 0.265 e. The van der Waals surface area contributed by atoms with Gasteiger partial charge in [0.25, 0.3) is 5.56 Å². The number of aliphatic hydroxyl groups excluding tert-OH is 1. The summed E-state index contributed by atoms with van der Waals surface area (Å²) in [5.74, 6) is 0. The minimum Gasteiger partial charge on any atom is -0.389 e. The Balaban J connectivity index is 2.25. The second-order valence-corrected chi connectivity index (χ2v) is 5.60. The fourth-order valence-corrected chi connectivity index (χ4v) is 2.43. The van der Waals surface area contributed by atoms with Gasteiger partial charge < -0.3 is 9.84 Å². The largest absolute Gasteiger partial charge is 0.389 e. The van der Waals surface area contributed by atoms with Crippen LogP contribution in [0.4, 0.5) is 0 Å². The van der Waals surface area contributed by atoms with E-state index in [0.717, 1.165) is 0 Å². The molecule has 8 heteroatoms. The minimum absolute atomic E-state index is 0.0365. The van der Waals surface area contributed by atoms with Gasteiger partial charge in [-0.1, -0.05) is 0 Å². The van der Waals surface area contributed by atoms with E-state index >= 15 is 0 Å². The van der Waals surface area contributed by atoms with Crippen LogP contribution in [0.3, 0.4) is 0 Å². The molecule has 0 saturated heterocycles. The first-order valence-corrected chi connectivity index (χ1v) is 7.06. The Morgan fingerprint density at radius 2 is 2.20 bits per heavy atom. The van der Waals surface area contributed by atoms with Gasteiger partial charge in [0.2, 0.25) is 0 Å². The number of ether oxygens (including phenoxy) is 1. The highest BCUT2D eigenvalue weighted by Gasteiger charge is 2.15. The SMILES string of the molecule is CC(C)OCC(O)Cn1cnc2c(c(Br)nn2C)c1=O. The van der Waals surface area contributed by atoms with Gasteiger partial charge in [-0.3, -0.25) is 9.36 Å². The number of halogens is 1. The summed E-state index contributed by atoms with van der Waals surface area (Å²) in [6.07, 6.45) is 0.691. The number of hydrogen-bond donors (Lipinski definition) is 1. The normalized spacial score (nSPS) is 13.3. The van der Waals surface area contributed by atoms with Gasteiger partial charge in [-0.25, -0.2) is 9.67 Å². The number of aliphatic hydroxyl groups is 1. The lowest BCUT2D eigenvalue weighted by molar-refractivity contribution is -0.00111. The highest BCUT2D eigenvalue weighted by molar-refractivity contribution is 9.10. The predicted molar refractivity (Wildman–Crippen MR) is 77.6 cm³/mol. The number of aryl methyl sites for hydroxylation is 1. The lowest BCUT2D eigenvalue weighted by Gasteiger charge is -2.14. The standard InChI is InChI=1S/C12H17BrN4O3/c1-7(2)20-5-8(18)4-17-6-14-11-9(12(17)19)10(13)15-16(11)3/h6-8,18H,4-5H2,1-3H3. The first-order chi connectivity index (χ1) is 9.40. The quantitative estimate of drug-likeness (QED) is 0.862. The van der Waals surface area contributed by atoms with Crippen molar-refractivity contribution in [2.45, 2.75) is 32.6 Å². The lowest BCUT2D eigenvalue weighted by atomic mass is 10.3. The number of aromatic nitrogens is 4. The molecule has 110 valence electrons. The molecule has 1 N–H and O–H groups in total. The maximum atomic E-state index is 12.3. The Bertz CT molecular complexity index is 665. The van der Waals surface area contributed by atoms with E-state index in [-0.39, 0.29) is 24.8 Å². The van der Waals surface area contributed by atoms with Crippen LogP contribution in [0.25, 0.3) is 11.0 Å². The number of hydrogen-bond acceptors (Lipinski definition) is 5. The van der Waals surface area contributed by atoms with Crippen LogP contribution in [0.2, 0.25) is 0 Å². The molecule has 2 aromatic heterocycles. The molecular weight excluding hydrogens is 328 g/mol. The van der Waals surface area contributed by atoms with Gasteiger partial charge in [0.15, 0.2) is 5.65 Å². The first-order valence-electron chi connectivity index (χ1n) is 6.27. The third-order valence-corrected chi connectivity index (χ3v) is 3.35. The van der Waals surface area contributed by atoms with E-state index in [0.29, 0.717) is 15.6 Å². The zero-order chi connectivity index (χ0) is 14.9. The Morgan fingerprint density at radius 1 is 1.50 bits per heavy atom. The minimum atomic E-state index is -0.759. The van der Waals surface area contributed by atoms with Gasteiger partial charge in [0.05, 0.1) is 25.4 Å². The fourth-order valence-electron chi connectivity index (χ4n) is 1.85. The van der Waals surface area contributed by atoms with Crippen molar-refractivity contribution in [1.29, 1.82) is 0 Å². The first kappa shape index (κ1) is 15.1. The van der Waals surface area contributed by atoms with Crippen LogP contribution < -0.4 is 5.56 Å². The van der Waals surface area contributed by atoms with E-state index in [2.05, 4.69) is 26.0 Å². The molecule has 0 aromatic carbocycles. The van der Waals surface area contributed by atoms with Crippen LogP contribution in [0.15, 0.2) is 15.7 Å². The fraction of sp³-hybridized carbons (Fsp3) is 0.583. The smallest absolute Gasteiger partial charge is 0.265 e. The molecule has 0 aliphatic carbocycles. The van der Waals surface area contributed by atoms with Crippen molar-refractivity contribution < 1.29 is 9.84 Å². The Kier molecular flexibility index (Phi) is 4.56. The average molecular weight is 345 g/mol. The van der Waals surface area contributed by atoms with Gasteiger partial charge in [-0.05, 0) is 29.8 Å². The molecule has 2 rings (SSSR count). The second-order valence-electron chi connectivity index (χ2n) is 4.85. The molecule has 2 heterocycles. The second kappa shape index (κ2) is 6.02. The van der Waals surface area contributed by atoms with E-state index in [1.807, 2.05) is 13.8 Å². The van der Waals surface area contributed by atoms with E-state index < -0.39 is 6.10 Å². The van der Waals surface area contributed by atoms with Gasteiger partial charge in [0.1, 0.15) is 16.3 Å². The van der Waals surface area contributed by atoms with Crippen molar-refractivity contribution in [2.75, 3.05) is 6.61 Å². The van der Waals surface area contributed by atoms with Crippen molar-refractivity contribution in [1.82, 2.24) is 19.3 Å². The summed E-state index contributed by atoms with van der Waals surface area (Å²) in [5, 5.41) is 14.4. The molecule has 7 nitrogen and oxygen atoms in total. The van der Waals surface area contributed by atoms with E-state index in [1.54, 1.807) is 7.05 Å². The molecule has 0 amide bonds. The molecule has 2 aromatic rings. The van der Waals surface area contributed by atoms with E-state index in [1.165, 1.54) is 15.6 Å². The number of fused-ring (bicyclic) bond motifs is 1. The van der Waals surface area contributed by atoms with Crippen LogP contribution in [0, 0.1) is 0 Å².